The molecule has 90 valence electrons. The van der Waals surface area contributed by atoms with Crippen LogP contribution in [0.2, 0.25) is 0 Å². The zero-order chi connectivity index (χ0) is 12.1. The Hall–Kier alpha value is -1.13. The highest BCUT2D eigenvalue weighted by atomic mass is 19.1. The van der Waals surface area contributed by atoms with E-state index in [1.165, 1.54) is 12.1 Å². The molecule has 1 atom stereocenters. The van der Waals surface area contributed by atoms with E-state index < -0.39 is 0 Å². The summed E-state index contributed by atoms with van der Waals surface area (Å²) >= 11 is 0. The molecule has 0 bridgehead atoms. The third kappa shape index (κ3) is 3.47. The zero-order valence-electron chi connectivity index (χ0n) is 9.83. The van der Waals surface area contributed by atoms with Crippen LogP contribution in [0.3, 0.4) is 0 Å². The van der Waals surface area contributed by atoms with Gasteiger partial charge >= 0.3 is 0 Å². The van der Waals surface area contributed by atoms with Crippen molar-refractivity contribution in [3.63, 3.8) is 0 Å². The molecule has 0 heterocycles. The summed E-state index contributed by atoms with van der Waals surface area (Å²) in [5.74, 6) is 5.79. The minimum atomic E-state index is -0.283. The fourth-order valence-corrected chi connectivity index (χ4v) is 1.68. The van der Waals surface area contributed by atoms with Crippen LogP contribution in [0, 0.1) is 11.7 Å². The number of anilines is 1. The van der Waals surface area contributed by atoms with Crippen molar-refractivity contribution in [2.75, 3.05) is 5.73 Å². The predicted octanol–water partition coefficient (Wildman–Crippen LogP) is 2.35. The van der Waals surface area contributed by atoms with Crippen LogP contribution >= 0.6 is 0 Å². The molecule has 1 unspecified atom stereocenters. The van der Waals surface area contributed by atoms with Gasteiger partial charge in [-0.3, -0.25) is 11.3 Å². The van der Waals surface area contributed by atoms with E-state index in [1.807, 2.05) is 0 Å². The Labute approximate surface area is 96.0 Å². The van der Waals surface area contributed by atoms with Gasteiger partial charge in [-0.25, -0.2) is 4.39 Å². The summed E-state index contributed by atoms with van der Waals surface area (Å²) in [4.78, 5) is 0. The lowest BCUT2D eigenvalue weighted by Gasteiger charge is -2.19. The van der Waals surface area contributed by atoms with Crippen molar-refractivity contribution in [2.45, 2.75) is 32.7 Å². The minimum absolute atomic E-state index is 0.0851. The Morgan fingerprint density at radius 3 is 2.56 bits per heavy atom. The van der Waals surface area contributed by atoms with E-state index >= 15 is 0 Å². The molecule has 0 aliphatic carbocycles. The van der Waals surface area contributed by atoms with Gasteiger partial charge < -0.3 is 5.73 Å². The van der Waals surface area contributed by atoms with Crippen LogP contribution < -0.4 is 17.0 Å². The number of benzene rings is 1. The predicted molar refractivity (Wildman–Crippen MR) is 64.9 cm³/mol. The van der Waals surface area contributed by atoms with Crippen molar-refractivity contribution < 1.29 is 4.39 Å². The Morgan fingerprint density at radius 2 is 2.00 bits per heavy atom. The van der Waals surface area contributed by atoms with Crippen LogP contribution in [-0.4, -0.2) is 0 Å². The first-order chi connectivity index (χ1) is 7.54. The van der Waals surface area contributed by atoms with Crippen LogP contribution in [0.15, 0.2) is 18.2 Å². The van der Waals surface area contributed by atoms with Crippen molar-refractivity contribution >= 4 is 5.69 Å². The van der Waals surface area contributed by atoms with Gasteiger partial charge in [0.1, 0.15) is 5.82 Å². The van der Waals surface area contributed by atoms with Crippen molar-refractivity contribution in [3.05, 3.63) is 29.6 Å². The van der Waals surface area contributed by atoms with Crippen molar-refractivity contribution in [1.29, 1.82) is 0 Å². The van der Waals surface area contributed by atoms with Gasteiger partial charge in [0.15, 0.2) is 0 Å². The van der Waals surface area contributed by atoms with Gasteiger partial charge in [-0.05, 0) is 42.5 Å². The Balaban J connectivity index is 2.81. The van der Waals surface area contributed by atoms with E-state index in [0.717, 1.165) is 18.4 Å². The average Bonchev–Trinajstić information content (AvgIpc) is 2.23. The third-order valence-electron chi connectivity index (χ3n) is 2.66. The van der Waals surface area contributed by atoms with Gasteiger partial charge in [-0.1, -0.05) is 13.8 Å². The fraction of sp³-hybridized carbons (Fsp3) is 0.500. The highest BCUT2D eigenvalue weighted by Gasteiger charge is 2.14. The standard InChI is InChI=1S/C12H20FN3/c1-8(2)3-6-12(16-15)10-7-9(13)4-5-11(10)14/h4-5,7-8,12,16H,3,6,14-15H2,1-2H3. The number of hydrogen-bond acceptors (Lipinski definition) is 3. The molecule has 0 fully saturated rings. The lowest BCUT2D eigenvalue weighted by molar-refractivity contribution is 0.447. The molecule has 0 spiro atoms. The lowest BCUT2D eigenvalue weighted by atomic mass is 9.97. The van der Waals surface area contributed by atoms with Crippen LogP contribution in [0.5, 0.6) is 0 Å². The molecule has 0 aliphatic rings. The monoisotopic (exact) mass is 225 g/mol. The topological polar surface area (TPSA) is 64.1 Å². The number of hydrazine groups is 1. The smallest absolute Gasteiger partial charge is 0.123 e. The molecular formula is C12H20FN3. The van der Waals surface area contributed by atoms with Crippen LogP contribution in [0.1, 0.15) is 38.3 Å². The van der Waals surface area contributed by atoms with Gasteiger partial charge in [0.2, 0.25) is 0 Å². The molecule has 0 aliphatic heterocycles. The SMILES string of the molecule is CC(C)CCC(NN)c1cc(F)ccc1N. The summed E-state index contributed by atoms with van der Waals surface area (Å²) in [5, 5.41) is 0. The summed E-state index contributed by atoms with van der Waals surface area (Å²) in [5.41, 5.74) is 9.82. The van der Waals surface area contributed by atoms with Crippen LogP contribution in [0.25, 0.3) is 0 Å². The van der Waals surface area contributed by atoms with Gasteiger partial charge in [0.25, 0.3) is 0 Å². The zero-order valence-corrected chi connectivity index (χ0v) is 9.83. The van der Waals surface area contributed by atoms with E-state index in [4.69, 9.17) is 11.6 Å². The molecule has 16 heavy (non-hydrogen) atoms. The quantitative estimate of drug-likeness (QED) is 0.409. The normalized spacial score (nSPS) is 13.1. The Morgan fingerprint density at radius 1 is 1.31 bits per heavy atom. The van der Waals surface area contributed by atoms with E-state index in [-0.39, 0.29) is 11.9 Å². The molecule has 1 aromatic carbocycles. The largest absolute Gasteiger partial charge is 0.398 e. The highest BCUT2D eigenvalue weighted by Crippen LogP contribution is 2.25. The second-order valence-corrected chi connectivity index (χ2v) is 4.46. The Kier molecular flexibility index (Phi) is 4.71. The number of nitrogens with two attached hydrogens (primary N) is 2. The number of hydrogen-bond donors (Lipinski definition) is 3. The molecule has 1 rings (SSSR count). The maximum Gasteiger partial charge on any atom is 0.123 e. The number of rotatable bonds is 5. The highest BCUT2D eigenvalue weighted by molar-refractivity contribution is 5.48. The van der Waals surface area contributed by atoms with Gasteiger partial charge in [-0.15, -0.1) is 0 Å². The first-order valence-corrected chi connectivity index (χ1v) is 5.55. The molecule has 1 aromatic rings. The summed E-state index contributed by atoms with van der Waals surface area (Å²) in [6.45, 7) is 4.28. The summed E-state index contributed by atoms with van der Waals surface area (Å²) in [7, 11) is 0. The molecule has 4 heteroatoms. The van der Waals surface area contributed by atoms with Crippen molar-refractivity contribution in [3.8, 4) is 0 Å². The van der Waals surface area contributed by atoms with Gasteiger partial charge in [0, 0.05) is 11.7 Å². The van der Waals surface area contributed by atoms with Crippen molar-refractivity contribution in [1.82, 2.24) is 5.43 Å². The molecule has 0 amide bonds. The first-order valence-electron chi connectivity index (χ1n) is 5.55. The minimum Gasteiger partial charge on any atom is -0.398 e. The lowest BCUT2D eigenvalue weighted by Crippen LogP contribution is -2.29. The number of nitrogen functional groups attached to an aromatic ring is 1. The van der Waals surface area contributed by atoms with E-state index in [1.54, 1.807) is 6.07 Å². The maximum atomic E-state index is 13.1. The van der Waals surface area contributed by atoms with Crippen LogP contribution in [0.4, 0.5) is 10.1 Å². The second-order valence-electron chi connectivity index (χ2n) is 4.46. The molecule has 0 radical (unpaired) electrons. The molecule has 3 nitrogen and oxygen atoms in total. The van der Waals surface area contributed by atoms with E-state index in [2.05, 4.69) is 19.3 Å². The fourth-order valence-electron chi connectivity index (χ4n) is 1.68. The van der Waals surface area contributed by atoms with E-state index in [9.17, 15) is 4.39 Å². The summed E-state index contributed by atoms with van der Waals surface area (Å²) < 4.78 is 13.1. The first kappa shape index (κ1) is 12.9. The average molecular weight is 225 g/mol. The molecule has 0 saturated carbocycles. The number of nitrogens with one attached hydrogen (secondary N) is 1. The van der Waals surface area contributed by atoms with Gasteiger partial charge in [-0.2, -0.15) is 0 Å². The summed E-state index contributed by atoms with van der Waals surface area (Å²) in [6, 6.07) is 4.29. The number of halogens is 1. The second kappa shape index (κ2) is 5.82. The summed E-state index contributed by atoms with van der Waals surface area (Å²) in [6.07, 6.45) is 1.87. The van der Waals surface area contributed by atoms with Gasteiger partial charge in [0.05, 0.1) is 0 Å². The third-order valence-corrected chi connectivity index (χ3v) is 2.66. The molecule has 5 N–H and O–H groups in total. The van der Waals surface area contributed by atoms with Crippen LogP contribution in [-0.2, 0) is 0 Å². The maximum absolute atomic E-state index is 13.1. The van der Waals surface area contributed by atoms with E-state index in [0.29, 0.717) is 11.6 Å². The molecule has 0 saturated heterocycles. The molecule has 0 aromatic heterocycles. The Bertz CT molecular complexity index is 339. The van der Waals surface area contributed by atoms with Crippen molar-refractivity contribution in [2.24, 2.45) is 11.8 Å². The molecular weight excluding hydrogens is 205 g/mol.